The minimum Gasteiger partial charge on any atom is -0.508 e. The van der Waals surface area contributed by atoms with Crippen molar-refractivity contribution >= 4 is 0 Å². The molecule has 0 spiro atoms. The number of nitrogens with one attached hydrogen (secondary N) is 1. The van der Waals surface area contributed by atoms with Crippen molar-refractivity contribution in [3.63, 3.8) is 0 Å². The Morgan fingerprint density at radius 1 is 1.25 bits per heavy atom. The van der Waals surface area contributed by atoms with Crippen LogP contribution in [-0.2, 0) is 12.1 Å². The molecule has 2 aromatic rings. The van der Waals surface area contributed by atoms with Crippen LogP contribution in [0.2, 0.25) is 0 Å². The number of phenolic OH excluding ortho intramolecular Hbond substituents is 1. The summed E-state index contributed by atoms with van der Waals surface area (Å²) in [6.07, 6.45) is 0. The van der Waals surface area contributed by atoms with Gasteiger partial charge >= 0.3 is 0 Å². The van der Waals surface area contributed by atoms with Gasteiger partial charge in [-0.1, -0.05) is 18.2 Å². The number of hydrogen-bond donors (Lipinski definition) is 3. The lowest BCUT2D eigenvalue weighted by atomic mass is 9.96. The predicted molar refractivity (Wildman–Crippen MR) is 77.6 cm³/mol. The zero-order valence-electron chi connectivity index (χ0n) is 12.1. The molecular weight excluding hydrogens is 254 g/mol. The lowest BCUT2D eigenvalue weighted by Gasteiger charge is -2.23. The summed E-state index contributed by atoms with van der Waals surface area (Å²) in [5, 5.41) is 23.4. The first-order valence-electron chi connectivity index (χ1n) is 6.67. The third kappa shape index (κ3) is 3.21. The van der Waals surface area contributed by atoms with Crippen molar-refractivity contribution < 1.29 is 14.6 Å². The van der Waals surface area contributed by atoms with Gasteiger partial charge in [-0.05, 0) is 32.9 Å². The molecule has 1 aromatic heterocycles. The van der Waals surface area contributed by atoms with E-state index in [1.807, 2.05) is 32.0 Å². The minimum absolute atomic E-state index is 0.259. The van der Waals surface area contributed by atoms with Crippen LogP contribution in [0.15, 0.2) is 34.7 Å². The van der Waals surface area contributed by atoms with E-state index in [9.17, 15) is 10.2 Å². The number of para-hydroxylation sites is 1. The van der Waals surface area contributed by atoms with Crippen LogP contribution in [0, 0.1) is 13.8 Å². The maximum Gasteiger partial charge on any atom is 0.120 e. The van der Waals surface area contributed by atoms with Gasteiger partial charge < -0.3 is 19.9 Å². The van der Waals surface area contributed by atoms with Crippen molar-refractivity contribution in [3.8, 4) is 5.75 Å². The molecule has 1 atom stereocenters. The van der Waals surface area contributed by atoms with Crippen LogP contribution >= 0.6 is 0 Å². The standard InChI is InChI=1S/C16H21NO3/c1-11-8-14(12(2)20-11)16(3,19)10-17-9-13-6-4-5-7-15(13)18/h4-8,17-19H,9-10H2,1-3H3. The van der Waals surface area contributed by atoms with E-state index in [1.165, 1.54) is 0 Å². The Kier molecular flexibility index (Phi) is 4.16. The molecule has 20 heavy (non-hydrogen) atoms. The number of aromatic hydroxyl groups is 1. The molecule has 0 amide bonds. The molecule has 0 bridgehead atoms. The van der Waals surface area contributed by atoms with Gasteiger partial charge in [0.25, 0.3) is 0 Å². The number of benzene rings is 1. The first kappa shape index (κ1) is 14.6. The maximum absolute atomic E-state index is 10.5. The van der Waals surface area contributed by atoms with Crippen molar-refractivity contribution in [2.24, 2.45) is 0 Å². The van der Waals surface area contributed by atoms with Gasteiger partial charge in [0.2, 0.25) is 0 Å². The van der Waals surface area contributed by atoms with E-state index in [0.717, 1.165) is 22.6 Å². The highest BCUT2D eigenvalue weighted by molar-refractivity contribution is 5.32. The fourth-order valence-electron chi connectivity index (χ4n) is 2.36. The quantitative estimate of drug-likeness (QED) is 0.784. The van der Waals surface area contributed by atoms with E-state index in [4.69, 9.17) is 4.42 Å². The average Bonchev–Trinajstić information content (AvgIpc) is 2.72. The highest BCUT2D eigenvalue weighted by atomic mass is 16.3. The third-order valence-electron chi connectivity index (χ3n) is 3.40. The summed E-state index contributed by atoms with van der Waals surface area (Å²) in [6.45, 7) is 6.34. The van der Waals surface area contributed by atoms with Gasteiger partial charge in [-0.25, -0.2) is 0 Å². The van der Waals surface area contributed by atoms with Crippen LogP contribution in [0.1, 0.15) is 29.6 Å². The summed E-state index contributed by atoms with van der Waals surface area (Å²) in [6, 6.07) is 9.02. The Balaban J connectivity index is 1.99. The summed E-state index contributed by atoms with van der Waals surface area (Å²) >= 11 is 0. The zero-order chi connectivity index (χ0) is 14.8. The van der Waals surface area contributed by atoms with Crippen LogP contribution in [0.5, 0.6) is 5.75 Å². The topological polar surface area (TPSA) is 65.6 Å². The highest BCUT2D eigenvalue weighted by Gasteiger charge is 2.27. The first-order chi connectivity index (χ1) is 9.40. The SMILES string of the molecule is Cc1cc(C(C)(O)CNCc2ccccc2O)c(C)o1. The normalized spacial score (nSPS) is 14.2. The monoisotopic (exact) mass is 275 g/mol. The molecule has 1 aromatic carbocycles. The molecule has 0 saturated heterocycles. The molecule has 0 aliphatic carbocycles. The average molecular weight is 275 g/mol. The molecule has 4 nitrogen and oxygen atoms in total. The predicted octanol–water partition coefficient (Wildman–Crippen LogP) is 2.60. The van der Waals surface area contributed by atoms with Gasteiger partial charge in [0, 0.05) is 24.2 Å². The first-order valence-corrected chi connectivity index (χ1v) is 6.67. The fourth-order valence-corrected chi connectivity index (χ4v) is 2.36. The molecule has 1 heterocycles. The van der Waals surface area contributed by atoms with Crippen LogP contribution in [0.25, 0.3) is 0 Å². The number of phenols is 1. The van der Waals surface area contributed by atoms with E-state index in [2.05, 4.69) is 5.32 Å². The second-order valence-electron chi connectivity index (χ2n) is 5.33. The van der Waals surface area contributed by atoms with Crippen LogP contribution in [-0.4, -0.2) is 16.8 Å². The Morgan fingerprint density at radius 3 is 2.55 bits per heavy atom. The van der Waals surface area contributed by atoms with Crippen molar-refractivity contribution in [1.82, 2.24) is 5.32 Å². The molecule has 3 N–H and O–H groups in total. The number of aryl methyl sites for hydroxylation is 2. The minimum atomic E-state index is -1.01. The van der Waals surface area contributed by atoms with Crippen LogP contribution in [0.4, 0.5) is 0 Å². The van der Waals surface area contributed by atoms with Crippen molar-refractivity contribution in [1.29, 1.82) is 0 Å². The summed E-state index contributed by atoms with van der Waals surface area (Å²) in [7, 11) is 0. The van der Waals surface area contributed by atoms with Crippen molar-refractivity contribution in [2.75, 3.05) is 6.54 Å². The highest BCUT2D eigenvalue weighted by Crippen LogP contribution is 2.26. The second-order valence-corrected chi connectivity index (χ2v) is 5.33. The molecule has 108 valence electrons. The van der Waals surface area contributed by atoms with E-state index in [-0.39, 0.29) is 5.75 Å². The molecule has 0 aliphatic rings. The molecule has 1 unspecified atom stereocenters. The van der Waals surface area contributed by atoms with E-state index >= 15 is 0 Å². The zero-order valence-corrected chi connectivity index (χ0v) is 12.1. The van der Waals surface area contributed by atoms with Crippen LogP contribution in [0.3, 0.4) is 0 Å². The molecular formula is C16H21NO3. The van der Waals surface area contributed by atoms with E-state index in [0.29, 0.717) is 13.1 Å². The fraction of sp³-hybridized carbons (Fsp3) is 0.375. The van der Waals surface area contributed by atoms with Gasteiger partial charge in [-0.2, -0.15) is 0 Å². The lowest BCUT2D eigenvalue weighted by molar-refractivity contribution is 0.0551. The molecule has 0 aliphatic heterocycles. The molecule has 0 fully saturated rings. The van der Waals surface area contributed by atoms with Gasteiger partial charge in [0.1, 0.15) is 22.9 Å². The van der Waals surface area contributed by atoms with Gasteiger partial charge in [0.05, 0.1) is 0 Å². The third-order valence-corrected chi connectivity index (χ3v) is 3.40. The van der Waals surface area contributed by atoms with Gasteiger partial charge in [-0.15, -0.1) is 0 Å². The lowest BCUT2D eigenvalue weighted by Crippen LogP contribution is -2.35. The second kappa shape index (κ2) is 5.69. The Bertz CT molecular complexity index is 587. The molecule has 0 radical (unpaired) electrons. The van der Waals surface area contributed by atoms with Crippen molar-refractivity contribution in [3.05, 3.63) is 53.0 Å². The Hall–Kier alpha value is -1.78. The molecule has 0 saturated carbocycles. The Morgan fingerprint density at radius 2 is 1.95 bits per heavy atom. The summed E-state index contributed by atoms with van der Waals surface area (Å²) in [5.41, 5.74) is 0.592. The summed E-state index contributed by atoms with van der Waals surface area (Å²) in [5.74, 6) is 1.78. The van der Waals surface area contributed by atoms with Crippen molar-refractivity contribution in [2.45, 2.75) is 32.9 Å². The number of hydrogen-bond acceptors (Lipinski definition) is 4. The van der Waals surface area contributed by atoms with E-state index < -0.39 is 5.60 Å². The Labute approximate surface area is 119 Å². The number of rotatable bonds is 5. The van der Waals surface area contributed by atoms with Gasteiger partial charge in [-0.3, -0.25) is 0 Å². The van der Waals surface area contributed by atoms with E-state index in [1.54, 1.807) is 19.1 Å². The maximum atomic E-state index is 10.5. The molecule has 2 rings (SSSR count). The molecule has 4 heteroatoms. The number of furan rings is 1. The van der Waals surface area contributed by atoms with Gasteiger partial charge in [0.15, 0.2) is 0 Å². The smallest absolute Gasteiger partial charge is 0.120 e. The summed E-state index contributed by atoms with van der Waals surface area (Å²) < 4.78 is 5.46. The van der Waals surface area contributed by atoms with Crippen LogP contribution < -0.4 is 5.32 Å². The largest absolute Gasteiger partial charge is 0.508 e. The number of aliphatic hydroxyl groups is 1. The summed E-state index contributed by atoms with van der Waals surface area (Å²) in [4.78, 5) is 0.